The lowest BCUT2D eigenvalue weighted by atomic mass is 9.93. The van der Waals surface area contributed by atoms with E-state index < -0.39 is 5.82 Å². The van der Waals surface area contributed by atoms with Gasteiger partial charge in [0.1, 0.15) is 0 Å². The maximum absolute atomic E-state index is 13.0. The Hall–Kier alpha value is -1.76. The van der Waals surface area contributed by atoms with Crippen LogP contribution < -0.4 is 4.90 Å². The molecule has 142 valence electrons. The van der Waals surface area contributed by atoms with Gasteiger partial charge in [-0.05, 0) is 45.1 Å². The third kappa shape index (κ3) is 3.82. The Morgan fingerprint density at radius 3 is 2.35 bits per heavy atom. The molecule has 0 unspecified atom stereocenters. The van der Waals surface area contributed by atoms with E-state index in [4.69, 9.17) is 0 Å². The first-order valence-electron chi connectivity index (χ1n) is 9.96. The molecule has 26 heavy (non-hydrogen) atoms. The van der Waals surface area contributed by atoms with Crippen LogP contribution in [0.5, 0.6) is 0 Å². The third-order valence-corrected chi connectivity index (χ3v) is 6.09. The van der Waals surface area contributed by atoms with Crippen molar-refractivity contribution < 1.29 is 9.18 Å². The number of amides is 1. The van der Waals surface area contributed by atoms with E-state index in [1.54, 1.807) is 0 Å². The molecule has 4 heterocycles. The van der Waals surface area contributed by atoms with Gasteiger partial charge in [-0.15, -0.1) is 0 Å². The quantitative estimate of drug-likeness (QED) is 0.823. The van der Waals surface area contributed by atoms with E-state index in [2.05, 4.69) is 24.7 Å². The monoisotopic (exact) mass is 361 g/mol. The molecule has 0 spiro atoms. The maximum atomic E-state index is 13.0. The Morgan fingerprint density at radius 1 is 0.962 bits per heavy atom. The highest BCUT2D eigenvalue weighted by molar-refractivity contribution is 5.79. The van der Waals surface area contributed by atoms with Gasteiger partial charge in [0.25, 0.3) is 0 Å². The fourth-order valence-electron chi connectivity index (χ4n) is 4.64. The minimum atomic E-state index is -0.398. The van der Waals surface area contributed by atoms with Crippen molar-refractivity contribution in [3.05, 3.63) is 18.2 Å². The number of piperidine rings is 2. The summed E-state index contributed by atoms with van der Waals surface area (Å²) in [6, 6.07) is 0.529. The van der Waals surface area contributed by atoms with Crippen LogP contribution in [0.2, 0.25) is 0 Å². The summed E-state index contributed by atoms with van der Waals surface area (Å²) < 4.78 is 13.0. The molecule has 0 saturated carbocycles. The molecule has 3 fully saturated rings. The smallest absolute Gasteiger partial charge is 0.226 e. The number of hydrogen-bond acceptors (Lipinski definition) is 5. The highest BCUT2D eigenvalue weighted by Crippen LogP contribution is 2.27. The van der Waals surface area contributed by atoms with Crippen molar-refractivity contribution in [2.75, 3.05) is 44.2 Å². The van der Waals surface area contributed by atoms with Gasteiger partial charge in [0, 0.05) is 38.8 Å². The second-order valence-corrected chi connectivity index (χ2v) is 7.79. The van der Waals surface area contributed by atoms with Crippen molar-refractivity contribution in [1.82, 2.24) is 19.8 Å². The summed E-state index contributed by atoms with van der Waals surface area (Å²) in [5.74, 6) is 0.779. The molecule has 7 heteroatoms. The molecule has 0 N–H and O–H groups in total. The molecule has 1 aromatic heterocycles. The predicted octanol–water partition coefficient (Wildman–Crippen LogP) is 1.92. The summed E-state index contributed by atoms with van der Waals surface area (Å²) in [6.07, 6.45) is 9.02. The van der Waals surface area contributed by atoms with Crippen LogP contribution in [0.1, 0.15) is 38.5 Å². The number of carbonyl (C=O) groups excluding carboxylic acids is 1. The van der Waals surface area contributed by atoms with Crippen molar-refractivity contribution >= 4 is 11.9 Å². The molecule has 0 aliphatic carbocycles. The lowest BCUT2D eigenvalue weighted by Crippen LogP contribution is -2.51. The Labute approximate surface area is 154 Å². The molecule has 3 saturated heterocycles. The summed E-state index contributed by atoms with van der Waals surface area (Å²) in [5.41, 5.74) is 0. The van der Waals surface area contributed by atoms with Gasteiger partial charge in [-0.25, -0.2) is 14.4 Å². The zero-order valence-corrected chi connectivity index (χ0v) is 15.3. The maximum Gasteiger partial charge on any atom is 0.226 e. The van der Waals surface area contributed by atoms with Crippen molar-refractivity contribution in [3.8, 4) is 0 Å². The summed E-state index contributed by atoms with van der Waals surface area (Å²) in [7, 11) is 0. The van der Waals surface area contributed by atoms with Gasteiger partial charge in [-0.1, -0.05) is 0 Å². The van der Waals surface area contributed by atoms with Gasteiger partial charge in [-0.2, -0.15) is 0 Å². The lowest BCUT2D eigenvalue weighted by molar-refractivity contribution is -0.136. The minimum absolute atomic E-state index is 0.181. The molecule has 1 atom stereocenters. The molecular weight excluding hydrogens is 333 g/mol. The normalized spacial score (nSPS) is 25.7. The van der Waals surface area contributed by atoms with Crippen LogP contribution in [-0.2, 0) is 4.79 Å². The standard InChI is InChI=1S/C19H28FN5O/c20-16-12-21-19(22-13-16)24-10-5-17(6-11-24)25-9-3-4-15(14-25)18(26)23-7-1-2-8-23/h12-13,15,17H,1-11,14H2/t15-/m1/s1. The van der Waals surface area contributed by atoms with E-state index >= 15 is 0 Å². The van der Waals surface area contributed by atoms with Crippen LogP contribution in [0.4, 0.5) is 10.3 Å². The van der Waals surface area contributed by atoms with Crippen LogP contribution in [0.15, 0.2) is 12.4 Å². The minimum Gasteiger partial charge on any atom is -0.342 e. The van der Waals surface area contributed by atoms with Crippen LogP contribution >= 0.6 is 0 Å². The molecule has 0 aromatic carbocycles. The van der Waals surface area contributed by atoms with E-state index in [0.717, 1.165) is 77.8 Å². The Bertz CT molecular complexity index is 611. The third-order valence-electron chi connectivity index (χ3n) is 6.09. The second kappa shape index (κ2) is 7.86. The van der Waals surface area contributed by atoms with Gasteiger partial charge in [-0.3, -0.25) is 9.69 Å². The number of halogens is 1. The highest BCUT2D eigenvalue weighted by Gasteiger charge is 2.34. The number of anilines is 1. The van der Waals surface area contributed by atoms with Gasteiger partial charge in [0.15, 0.2) is 5.82 Å². The van der Waals surface area contributed by atoms with Gasteiger partial charge < -0.3 is 9.80 Å². The van der Waals surface area contributed by atoms with E-state index in [-0.39, 0.29) is 5.92 Å². The van der Waals surface area contributed by atoms with E-state index in [0.29, 0.717) is 17.9 Å². The van der Waals surface area contributed by atoms with E-state index in [1.807, 2.05) is 0 Å². The molecule has 0 radical (unpaired) electrons. The molecule has 6 nitrogen and oxygen atoms in total. The average molecular weight is 361 g/mol. The lowest BCUT2D eigenvalue weighted by Gasteiger charge is -2.42. The molecule has 3 aliphatic rings. The number of aromatic nitrogens is 2. The number of rotatable bonds is 3. The first-order chi connectivity index (χ1) is 12.7. The fraction of sp³-hybridized carbons (Fsp3) is 0.737. The van der Waals surface area contributed by atoms with Gasteiger partial charge in [0.05, 0.1) is 18.3 Å². The first kappa shape index (κ1) is 17.6. The summed E-state index contributed by atoms with van der Waals surface area (Å²) in [4.78, 5) is 27.7. The topological polar surface area (TPSA) is 52.6 Å². The van der Waals surface area contributed by atoms with Crippen LogP contribution in [0.25, 0.3) is 0 Å². The molecule has 0 bridgehead atoms. The zero-order valence-electron chi connectivity index (χ0n) is 15.3. The molecule has 1 aromatic rings. The molecular formula is C19H28FN5O. The highest BCUT2D eigenvalue weighted by atomic mass is 19.1. The van der Waals surface area contributed by atoms with Crippen LogP contribution in [-0.4, -0.2) is 71.0 Å². The molecule has 3 aliphatic heterocycles. The molecule has 1 amide bonds. The van der Waals surface area contributed by atoms with Gasteiger partial charge >= 0.3 is 0 Å². The fourth-order valence-corrected chi connectivity index (χ4v) is 4.64. The summed E-state index contributed by atoms with van der Waals surface area (Å²) >= 11 is 0. The van der Waals surface area contributed by atoms with Gasteiger partial charge in [0.2, 0.25) is 11.9 Å². The summed E-state index contributed by atoms with van der Waals surface area (Å²) in [5, 5.41) is 0. The summed E-state index contributed by atoms with van der Waals surface area (Å²) in [6.45, 7) is 5.68. The Kier molecular flexibility index (Phi) is 5.33. The number of nitrogens with zero attached hydrogens (tertiary/aromatic N) is 5. The number of likely N-dealkylation sites (tertiary alicyclic amines) is 2. The number of hydrogen-bond donors (Lipinski definition) is 0. The number of carbonyl (C=O) groups is 1. The SMILES string of the molecule is O=C([C@@H]1CCCN(C2CCN(c3ncc(F)cn3)CC2)C1)N1CCCC1. The Balaban J connectivity index is 1.31. The van der Waals surface area contributed by atoms with Crippen molar-refractivity contribution in [1.29, 1.82) is 0 Å². The first-order valence-corrected chi connectivity index (χ1v) is 9.96. The second-order valence-electron chi connectivity index (χ2n) is 7.79. The van der Waals surface area contributed by atoms with E-state index in [1.165, 1.54) is 12.4 Å². The van der Waals surface area contributed by atoms with Crippen molar-refractivity contribution in [2.24, 2.45) is 5.92 Å². The average Bonchev–Trinajstić information content (AvgIpc) is 3.23. The van der Waals surface area contributed by atoms with Crippen molar-refractivity contribution in [2.45, 2.75) is 44.6 Å². The largest absolute Gasteiger partial charge is 0.342 e. The van der Waals surface area contributed by atoms with Crippen LogP contribution in [0, 0.1) is 11.7 Å². The molecule has 4 rings (SSSR count). The zero-order chi connectivity index (χ0) is 17.9. The Morgan fingerprint density at radius 2 is 1.65 bits per heavy atom. The van der Waals surface area contributed by atoms with Crippen molar-refractivity contribution in [3.63, 3.8) is 0 Å². The predicted molar refractivity (Wildman–Crippen MR) is 97.3 cm³/mol. The van der Waals surface area contributed by atoms with Crippen LogP contribution in [0.3, 0.4) is 0 Å². The van der Waals surface area contributed by atoms with E-state index in [9.17, 15) is 9.18 Å².